The van der Waals surface area contributed by atoms with Crippen molar-refractivity contribution < 1.29 is 40.7 Å². The zero-order chi connectivity index (χ0) is 22.4. The molecule has 1 N–H and O–H groups in total. The number of halogens is 3. The van der Waals surface area contributed by atoms with Gasteiger partial charge in [-0.05, 0) is 30.7 Å². The van der Waals surface area contributed by atoms with E-state index in [2.05, 4.69) is 10.1 Å². The number of amides is 2. The van der Waals surface area contributed by atoms with Crippen LogP contribution in [0.5, 0.6) is 5.75 Å². The van der Waals surface area contributed by atoms with Crippen LogP contribution >= 0.6 is 0 Å². The van der Waals surface area contributed by atoms with E-state index in [0.717, 1.165) is 24.3 Å². The molecule has 9 nitrogen and oxygen atoms in total. The number of ether oxygens (including phenoxy) is 2. The zero-order valence-corrected chi connectivity index (χ0v) is 17.0. The molecule has 1 spiro atoms. The average molecular weight is 463 g/mol. The van der Waals surface area contributed by atoms with Crippen LogP contribution in [0, 0.1) is 5.41 Å². The summed E-state index contributed by atoms with van der Waals surface area (Å²) in [5.74, 6) is -0.559. The molecule has 3 aliphatic rings. The van der Waals surface area contributed by atoms with Crippen LogP contribution in [-0.4, -0.2) is 74.8 Å². The first kappa shape index (κ1) is 21.7. The van der Waals surface area contributed by atoms with Crippen molar-refractivity contribution in [2.45, 2.75) is 30.1 Å². The minimum Gasteiger partial charge on any atom is -0.447 e. The predicted molar refractivity (Wildman–Crippen MR) is 98.4 cm³/mol. The van der Waals surface area contributed by atoms with Crippen LogP contribution in [0.1, 0.15) is 12.8 Å². The molecular formula is C18H20F3N3O6S. The number of benzene rings is 1. The Hall–Kier alpha value is -2.54. The Labute approximate surface area is 176 Å². The van der Waals surface area contributed by atoms with E-state index in [-0.39, 0.29) is 48.4 Å². The first-order chi connectivity index (χ1) is 14.5. The maximum absolute atomic E-state index is 12.7. The Morgan fingerprint density at radius 2 is 1.84 bits per heavy atom. The largest absolute Gasteiger partial charge is 0.573 e. The van der Waals surface area contributed by atoms with Gasteiger partial charge in [0.1, 0.15) is 12.4 Å². The summed E-state index contributed by atoms with van der Waals surface area (Å²) < 4.78 is 71.8. The number of carbonyl (C=O) groups excluding carboxylic acids is 2. The lowest BCUT2D eigenvalue weighted by Gasteiger charge is -2.59. The zero-order valence-electron chi connectivity index (χ0n) is 16.2. The Bertz CT molecular complexity index is 968. The molecule has 0 aliphatic carbocycles. The topological polar surface area (TPSA) is 105 Å². The second-order valence-electron chi connectivity index (χ2n) is 8.02. The number of alkyl halides is 3. The second-order valence-corrected chi connectivity index (χ2v) is 9.96. The highest BCUT2D eigenvalue weighted by Gasteiger charge is 2.56. The predicted octanol–water partition coefficient (Wildman–Crippen LogP) is 1.31. The molecule has 1 atom stereocenters. The number of cyclic esters (lactones) is 1. The molecule has 0 aromatic heterocycles. The van der Waals surface area contributed by atoms with Gasteiger partial charge in [-0.25, -0.2) is 13.2 Å². The van der Waals surface area contributed by atoms with Crippen LogP contribution < -0.4 is 10.1 Å². The molecule has 3 heterocycles. The molecule has 1 aromatic rings. The Balaban J connectivity index is 1.25. The van der Waals surface area contributed by atoms with Gasteiger partial charge < -0.3 is 19.7 Å². The smallest absolute Gasteiger partial charge is 0.447 e. The van der Waals surface area contributed by atoms with Crippen LogP contribution in [0.15, 0.2) is 29.2 Å². The molecule has 13 heteroatoms. The molecule has 3 saturated heterocycles. The maximum Gasteiger partial charge on any atom is 0.573 e. The number of likely N-dealkylation sites (tertiary alicyclic amines) is 1. The molecular weight excluding hydrogens is 443 g/mol. The number of carbonyl (C=O) groups is 2. The van der Waals surface area contributed by atoms with E-state index in [1.165, 1.54) is 4.31 Å². The molecule has 2 amide bonds. The Morgan fingerprint density at radius 3 is 2.39 bits per heavy atom. The van der Waals surface area contributed by atoms with Crippen molar-refractivity contribution in [2.75, 3.05) is 32.8 Å². The van der Waals surface area contributed by atoms with Gasteiger partial charge in [-0.3, -0.25) is 4.79 Å². The van der Waals surface area contributed by atoms with E-state index in [4.69, 9.17) is 4.74 Å². The van der Waals surface area contributed by atoms with Crippen molar-refractivity contribution in [3.8, 4) is 5.75 Å². The number of hydrogen-bond acceptors (Lipinski definition) is 6. The maximum atomic E-state index is 12.7. The molecule has 3 aliphatic heterocycles. The fraction of sp³-hybridized carbons (Fsp3) is 0.556. The summed E-state index contributed by atoms with van der Waals surface area (Å²) in [5.41, 5.74) is -0.285. The minimum absolute atomic E-state index is 0.0617. The number of sulfonamides is 1. The minimum atomic E-state index is -4.85. The first-order valence-electron chi connectivity index (χ1n) is 9.53. The highest BCUT2D eigenvalue weighted by atomic mass is 32.2. The van der Waals surface area contributed by atoms with E-state index in [0.29, 0.717) is 19.5 Å². The molecule has 4 rings (SSSR count). The van der Waals surface area contributed by atoms with E-state index in [1.54, 1.807) is 4.90 Å². The molecule has 0 unspecified atom stereocenters. The Kier molecular flexibility index (Phi) is 5.28. The van der Waals surface area contributed by atoms with E-state index in [9.17, 15) is 31.2 Å². The summed E-state index contributed by atoms with van der Waals surface area (Å²) in [4.78, 5) is 24.8. The van der Waals surface area contributed by atoms with E-state index >= 15 is 0 Å². The summed E-state index contributed by atoms with van der Waals surface area (Å²) in [5, 5.41) is 2.61. The molecule has 1 aromatic carbocycles. The fourth-order valence-corrected chi connectivity index (χ4v) is 5.68. The van der Waals surface area contributed by atoms with Gasteiger partial charge in [-0.15, -0.1) is 13.2 Å². The lowest BCUT2D eigenvalue weighted by Crippen LogP contribution is -2.73. The van der Waals surface area contributed by atoms with Crippen molar-refractivity contribution in [1.82, 2.24) is 14.5 Å². The van der Waals surface area contributed by atoms with Gasteiger partial charge >= 0.3 is 12.5 Å². The average Bonchev–Trinajstić information content (AvgIpc) is 3.02. The van der Waals surface area contributed by atoms with Crippen molar-refractivity contribution in [1.29, 1.82) is 0 Å². The number of hydrogen-bond donors (Lipinski definition) is 1. The summed E-state index contributed by atoms with van der Waals surface area (Å²) in [6.45, 7) is 1.62. The van der Waals surface area contributed by atoms with Gasteiger partial charge in [-0.1, -0.05) is 0 Å². The van der Waals surface area contributed by atoms with Crippen molar-refractivity contribution in [3.63, 3.8) is 0 Å². The lowest BCUT2D eigenvalue weighted by atomic mass is 9.74. The standard InChI is InChI=1S/C18H20F3N3O6S/c19-18(20,21)30-13-2-4-14(5-3-13)31(27,28)24-10-17(11-24)8-23(9-17)15(25)6-1-12-7-29-16(26)22-12/h2-5,12H,1,6-11H2,(H,22,26)/t12-/m1/s1. The Morgan fingerprint density at radius 1 is 1.19 bits per heavy atom. The molecule has 3 fully saturated rings. The number of nitrogens with zero attached hydrogens (tertiary/aromatic N) is 2. The van der Waals surface area contributed by atoms with Gasteiger partial charge in [-0.2, -0.15) is 4.31 Å². The third-order valence-electron chi connectivity index (χ3n) is 5.57. The summed E-state index contributed by atoms with van der Waals surface area (Å²) in [7, 11) is -3.84. The van der Waals surface area contributed by atoms with Crippen LogP contribution in [0.2, 0.25) is 0 Å². The second kappa shape index (κ2) is 7.55. The van der Waals surface area contributed by atoms with Crippen LogP contribution in [0.4, 0.5) is 18.0 Å². The summed E-state index contributed by atoms with van der Waals surface area (Å²) >= 11 is 0. The molecule has 170 valence electrons. The van der Waals surface area contributed by atoms with Gasteiger partial charge in [0.05, 0.1) is 10.9 Å². The van der Waals surface area contributed by atoms with Gasteiger partial charge in [0, 0.05) is 38.0 Å². The van der Waals surface area contributed by atoms with Gasteiger partial charge in [0.2, 0.25) is 15.9 Å². The van der Waals surface area contributed by atoms with Gasteiger partial charge in [0.15, 0.2) is 0 Å². The molecule has 31 heavy (non-hydrogen) atoms. The monoisotopic (exact) mass is 463 g/mol. The molecule has 0 saturated carbocycles. The van der Waals surface area contributed by atoms with Gasteiger partial charge in [0.25, 0.3) is 0 Å². The number of rotatable bonds is 6. The fourth-order valence-electron chi connectivity index (χ4n) is 4.01. The summed E-state index contributed by atoms with van der Waals surface area (Å²) in [6, 6.07) is 3.88. The van der Waals surface area contributed by atoms with Crippen molar-refractivity contribution in [2.24, 2.45) is 5.41 Å². The molecule has 0 bridgehead atoms. The number of nitrogens with one attached hydrogen (secondary N) is 1. The number of alkyl carbamates (subject to hydrolysis) is 1. The SMILES string of the molecule is O=C1N[C@H](CCC(=O)N2CC3(C2)CN(S(=O)(=O)c2ccc(OC(F)(F)F)cc2)C3)CO1. The normalized spacial score (nSPS) is 23.0. The van der Waals surface area contributed by atoms with Crippen molar-refractivity contribution in [3.05, 3.63) is 24.3 Å². The van der Waals surface area contributed by atoms with Crippen LogP contribution in [0.3, 0.4) is 0 Å². The van der Waals surface area contributed by atoms with E-state index < -0.39 is 28.2 Å². The molecule has 0 radical (unpaired) electrons. The summed E-state index contributed by atoms with van der Waals surface area (Å²) in [6.07, 6.45) is -4.60. The lowest BCUT2D eigenvalue weighted by molar-refractivity contribution is -0.274. The third-order valence-corrected chi connectivity index (χ3v) is 7.37. The highest BCUT2D eigenvalue weighted by Crippen LogP contribution is 2.42. The van der Waals surface area contributed by atoms with Crippen molar-refractivity contribution >= 4 is 22.0 Å². The third kappa shape index (κ3) is 4.56. The van der Waals surface area contributed by atoms with Crippen LogP contribution in [-0.2, 0) is 19.6 Å². The van der Waals surface area contributed by atoms with E-state index in [1.807, 2.05) is 0 Å². The first-order valence-corrected chi connectivity index (χ1v) is 11.0. The quantitative estimate of drug-likeness (QED) is 0.682. The van der Waals surface area contributed by atoms with Crippen LogP contribution in [0.25, 0.3) is 0 Å². The highest BCUT2D eigenvalue weighted by molar-refractivity contribution is 7.89.